The minimum Gasteiger partial charge on any atom is -0.366 e. The lowest BCUT2D eigenvalue weighted by Crippen LogP contribution is -2.51. The van der Waals surface area contributed by atoms with E-state index in [0.29, 0.717) is 23.6 Å². The summed E-state index contributed by atoms with van der Waals surface area (Å²) < 4.78 is 41.5. The highest BCUT2D eigenvalue weighted by atomic mass is 19.4. The molecule has 1 saturated heterocycles. The third-order valence-corrected chi connectivity index (χ3v) is 6.08. The van der Waals surface area contributed by atoms with Gasteiger partial charge in [-0.05, 0) is 37.1 Å². The van der Waals surface area contributed by atoms with Crippen molar-refractivity contribution < 1.29 is 18.0 Å². The van der Waals surface area contributed by atoms with Gasteiger partial charge in [0.25, 0.3) is 0 Å². The highest BCUT2D eigenvalue weighted by Crippen LogP contribution is 2.40. The maximum Gasteiger partial charge on any atom is 0.416 e. The number of hydrogen-bond donors (Lipinski definition) is 1. The molecule has 0 aliphatic carbocycles. The number of aryl methyl sites for hydroxylation is 1. The number of aromatic nitrogens is 3. The van der Waals surface area contributed by atoms with Crippen molar-refractivity contribution in [1.82, 2.24) is 19.9 Å². The lowest BCUT2D eigenvalue weighted by molar-refractivity contribution is -0.137. The third-order valence-electron chi connectivity index (χ3n) is 6.08. The van der Waals surface area contributed by atoms with E-state index in [1.165, 1.54) is 6.07 Å². The van der Waals surface area contributed by atoms with Gasteiger partial charge in [-0.15, -0.1) is 0 Å². The van der Waals surface area contributed by atoms with Crippen LogP contribution in [0.2, 0.25) is 0 Å². The van der Waals surface area contributed by atoms with Gasteiger partial charge in [0.1, 0.15) is 0 Å². The van der Waals surface area contributed by atoms with Gasteiger partial charge in [0.2, 0.25) is 0 Å². The minimum absolute atomic E-state index is 0.0181. The summed E-state index contributed by atoms with van der Waals surface area (Å²) in [6.45, 7) is 2.77. The SMILES string of the molecule is O=C(NCCCn1ccnc1)N1c2nc(-c3cccc(C(F)(F)F)c3)ccc2N2CC[C@H]1C2. The fraction of sp³-hybridized carbons (Fsp3) is 0.348. The summed E-state index contributed by atoms with van der Waals surface area (Å²) in [6, 6.07) is 8.41. The monoisotopic (exact) mass is 456 g/mol. The van der Waals surface area contributed by atoms with Crippen molar-refractivity contribution in [1.29, 1.82) is 0 Å². The number of halogens is 3. The number of anilines is 2. The Kier molecular flexibility index (Phi) is 5.43. The van der Waals surface area contributed by atoms with Crippen LogP contribution >= 0.6 is 0 Å². The molecule has 4 heterocycles. The van der Waals surface area contributed by atoms with Crippen molar-refractivity contribution in [3.63, 3.8) is 0 Å². The Labute approximate surface area is 188 Å². The predicted molar refractivity (Wildman–Crippen MR) is 118 cm³/mol. The highest BCUT2D eigenvalue weighted by molar-refractivity contribution is 5.97. The van der Waals surface area contributed by atoms with Crippen LogP contribution in [-0.2, 0) is 12.7 Å². The first-order valence-corrected chi connectivity index (χ1v) is 10.9. The molecule has 5 rings (SSSR count). The number of benzene rings is 1. The predicted octanol–water partition coefficient (Wildman–Crippen LogP) is 4.16. The second kappa shape index (κ2) is 8.42. The number of amides is 2. The van der Waals surface area contributed by atoms with Crippen molar-refractivity contribution >= 4 is 17.5 Å². The molecule has 2 amide bonds. The van der Waals surface area contributed by atoms with Gasteiger partial charge < -0.3 is 14.8 Å². The zero-order chi connectivity index (χ0) is 23.0. The molecular weight excluding hydrogens is 433 g/mol. The fourth-order valence-corrected chi connectivity index (χ4v) is 4.45. The summed E-state index contributed by atoms with van der Waals surface area (Å²) in [7, 11) is 0. The lowest BCUT2D eigenvalue weighted by Gasteiger charge is -2.36. The van der Waals surface area contributed by atoms with Gasteiger partial charge in [0.05, 0.1) is 29.3 Å². The van der Waals surface area contributed by atoms with E-state index in [1.54, 1.807) is 29.6 Å². The van der Waals surface area contributed by atoms with Gasteiger partial charge in [0.15, 0.2) is 5.82 Å². The number of nitrogens with zero attached hydrogens (tertiary/aromatic N) is 5. The first-order valence-electron chi connectivity index (χ1n) is 10.9. The molecule has 7 nitrogen and oxygen atoms in total. The van der Waals surface area contributed by atoms with Gasteiger partial charge in [-0.3, -0.25) is 4.90 Å². The average molecular weight is 456 g/mol. The molecule has 2 bridgehead atoms. The molecule has 2 aliphatic rings. The topological polar surface area (TPSA) is 66.3 Å². The molecule has 33 heavy (non-hydrogen) atoms. The first-order chi connectivity index (χ1) is 15.9. The van der Waals surface area contributed by atoms with Crippen LogP contribution in [0.3, 0.4) is 0 Å². The summed E-state index contributed by atoms with van der Waals surface area (Å²) in [4.78, 5) is 25.6. The highest BCUT2D eigenvalue weighted by Gasteiger charge is 2.40. The quantitative estimate of drug-likeness (QED) is 0.586. The number of fused-ring (bicyclic) bond motifs is 4. The third kappa shape index (κ3) is 4.24. The molecule has 0 unspecified atom stereocenters. The van der Waals surface area contributed by atoms with Crippen LogP contribution < -0.4 is 15.1 Å². The summed E-state index contributed by atoms with van der Waals surface area (Å²) in [5.74, 6) is 0.491. The van der Waals surface area contributed by atoms with Gasteiger partial charge in [0, 0.05) is 44.1 Å². The summed E-state index contributed by atoms with van der Waals surface area (Å²) in [6.07, 6.45) is 2.44. The summed E-state index contributed by atoms with van der Waals surface area (Å²) in [5, 5.41) is 2.97. The minimum atomic E-state index is -4.43. The van der Waals surface area contributed by atoms with E-state index in [1.807, 2.05) is 16.8 Å². The van der Waals surface area contributed by atoms with E-state index in [9.17, 15) is 18.0 Å². The largest absolute Gasteiger partial charge is 0.416 e. The molecular formula is C23H23F3N6O. The van der Waals surface area contributed by atoms with Crippen molar-refractivity contribution in [3.05, 3.63) is 60.7 Å². The van der Waals surface area contributed by atoms with Crippen LogP contribution in [-0.4, -0.2) is 46.2 Å². The number of nitrogens with one attached hydrogen (secondary N) is 1. The maximum atomic E-state index is 13.2. The van der Waals surface area contributed by atoms with E-state index in [2.05, 4.69) is 20.2 Å². The van der Waals surface area contributed by atoms with Crippen LogP contribution in [0.4, 0.5) is 29.5 Å². The number of carbonyl (C=O) groups is 1. The molecule has 1 aromatic carbocycles. The van der Waals surface area contributed by atoms with Gasteiger partial charge in [-0.1, -0.05) is 12.1 Å². The van der Waals surface area contributed by atoms with Crippen molar-refractivity contribution in [2.45, 2.75) is 31.6 Å². The summed E-state index contributed by atoms with van der Waals surface area (Å²) >= 11 is 0. The molecule has 3 aromatic rings. The van der Waals surface area contributed by atoms with Crippen LogP contribution in [0.5, 0.6) is 0 Å². The van der Waals surface area contributed by atoms with Gasteiger partial charge in [-0.25, -0.2) is 14.8 Å². The Hall–Kier alpha value is -3.56. The Balaban J connectivity index is 1.38. The Morgan fingerprint density at radius 1 is 1.21 bits per heavy atom. The van der Waals surface area contributed by atoms with Gasteiger partial charge >= 0.3 is 12.2 Å². The molecule has 1 N–H and O–H groups in total. The van der Waals surface area contributed by atoms with E-state index < -0.39 is 11.7 Å². The smallest absolute Gasteiger partial charge is 0.366 e. The normalized spacial score (nSPS) is 17.2. The molecule has 0 radical (unpaired) electrons. The zero-order valence-electron chi connectivity index (χ0n) is 17.8. The van der Waals surface area contributed by atoms with Gasteiger partial charge in [-0.2, -0.15) is 13.2 Å². The zero-order valence-corrected chi connectivity index (χ0v) is 17.8. The second-order valence-electron chi connectivity index (χ2n) is 8.26. The van der Waals surface area contributed by atoms with Crippen LogP contribution in [0, 0.1) is 0 Å². The summed E-state index contributed by atoms with van der Waals surface area (Å²) in [5.41, 5.74) is 0.866. The van der Waals surface area contributed by atoms with Crippen molar-refractivity contribution in [3.8, 4) is 11.3 Å². The number of pyridine rings is 1. The number of urea groups is 1. The van der Waals surface area contributed by atoms with Crippen LogP contribution in [0.1, 0.15) is 18.4 Å². The number of alkyl halides is 3. The van der Waals surface area contributed by atoms with Crippen LogP contribution in [0.15, 0.2) is 55.1 Å². The molecule has 2 aromatic heterocycles. The van der Waals surface area contributed by atoms with E-state index in [0.717, 1.165) is 50.3 Å². The van der Waals surface area contributed by atoms with Crippen molar-refractivity contribution in [2.75, 3.05) is 29.4 Å². The van der Waals surface area contributed by atoms with Crippen LogP contribution in [0.25, 0.3) is 11.3 Å². The Bertz CT molecular complexity index is 1150. The standard InChI is InChI=1S/C23H23F3N6O/c24-23(25,26)17-4-1-3-16(13-17)19-5-6-20-21(29-19)32(18-7-11-31(20)14-18)22(33)28-8-2-10-30-12-9-27-15-30/h1,3-6,9,12-13,15,18H,2,7-8,10-11,14H2,(H,28,33)/t18-/m0/s1. The molecule has 0 spiro atoms. The fourth-order valence-electron chi connectivity index (χ4n) is 4.45. The van der Waals surface area contributed by atoms with Crippen molar-refractivity contribution in [2.24, 2.45) is 0 Å². The molecule has 172 valence electrons. The molecule has 1 fully saturated rings. The van der Waals surface area contributed by atoms with E-state index in [4.69, 9.17) is 0 Å². The molecule has 1 atom stereocenters. The average Bonchev–Trinajstić information content (AvgIpc) is 3.47. The lowest BCUT2D eigenvalue weighted by atomic mass is 10.1. The van der Waals surface area contributed by atoms with E-state index in [-0.39, 0.29) is 12.1 Å². The number of carbonyl (C=O) groups excluding carboxylic acids is 1. The maximum absolute atomic E-state index is 13.2. The Morgan fingerprint density at radius 2 is 2.09 bits per heavy atom. The number of hydrogen-bond acceptors (Lipinski definition) is 4. The second-order valence-corrected chi connectivity index (χ2v) is 8.26. The number of rotatable bonds is 5. The first kappa shape index (κ1) is 21.3. The van der Waals surface area contributed by atoms with E-state index >= 15 is 0 Å². The number of imidazole rings is 1. The molecule has 10 heteroatoms. The molecule has 2 aliphatic heterocycles. The molecule has 0 saturated carbocycles. The Morgan fingerprint density at radius 3 is 2.88 bits per heavy atom.